The summed E-state index contributed by atoms with van der Waals surface area (Å²) in [6.45, 7) is 3.00. The number of carbonyl (C=O) groups is 1. The smallest absolute Gasteiger partial charge is 0.268 e. The molecule has 1 amide bonds. The van der Waals surface area contributed by atoms with Crippen molar-refractivity contribution >= 4 is 16.8 Å². The first kappa shape index (κ1) is 22.2. The van der Waals surface area contributed by atoms with Gasteiger partial charge in [0, 0.05) is 24.0 Å². The quantitative estimate of drug-likeness (QED) is 0.319. The van der Waals surface area contributed by atoms with E-state index < -0.39 is 0 Å². The van der Waals surface area contributed by atoms with Crippen LogP contribution in [-0.4, -0.2) is 10.5 Å². The molecule has 4 heteroatoms. The average molecular weight is 456 g/mol. The molecule has 4 aromatic carbocycles. The standard InChI is InChI=1S/C31H25N3O/c1-22-8-5-15-29-28(22)18-30(34(29)21-25-11-6-9-23(16-25)19-32)31(35)33-20-24-10-7-14-27(17-24)26-12-3-2-4-13-26/h2-18H,20-21H2,1H3,(H,33,35). The second-order valence-corrected chi connectivity index (χ2v) is 8.68. The summed E-state index contributed by atoms with van der Waals surface area (Å²) in [5.74, 6) is -0.123. The van der Waals surface area contributed by atoms with E-state index in [1.54, 1.807) is 6.07 Å². The van der Waals surface area contributed by atoms with Crippen LogP contribution >= 0.6 is 0 Å². The molecule has 0 unspecified atom stereocenters. The minimum atomic E-state index is -0.123. The van der Waals surface area contributed by atoms with Crippen molar-refractivity contribution in [2.45, 2.75) is 20.0 Å². The lowest BCUT2D eigenvalue weighted by molar-refractivity contribution is 0.0942. The third-order valence-corrected chi connectivity index (χ3v) is 6.28. The minimum absolute atomic E-state index is 0.123. The van der Waals surface area contributed by atoms with E-state index >= 15 is 0 Å². The predicted molar refractivity (Wildman–Crippen MR) is 140 cm³/mol. The Balaban J connectivity index is 1.43. The lowest BCUT2D eigenvalue weighted by Gasteiger charge is -2.12. The predicted octanol–water partition coefficient (Wildman–Crippen LogP) is 6.47. The maximum atomic E-state index is 13.4. The summed E-state index contributed by atoms with van der Waals surface area (Å²) >= 11 is 0. The monoisotopic (exact) mass is 455 g/mol. The van der Waals surface area contributed by atoms with Crippen molar-refractivity contribution < 1.29 is 4.79 Å². The molecule has 0 saturated heterocycles. The number of nitrogens with one attached hydrogen (secondary N) is 1. The molecule has 0 atom stereocenters. The number of aromatic nitrogens is 1. The van der Waals surface area contributed by atoms with Crippen LogP contribution in [0, 0.1) is 18.3 Å². The van der Waals surface area contributed by atoms with Crippen molar-refractivity contribution in [2.75, 3.05) is 0 Å². The normalized spacial score (nSPS) is 10.7. The molecule has 4 nitrogen and oxygen atoms in total. The molecule has 0 radical (unpaired) electrons. The van der Waals surface area contributed by atoms with E-state index in [2.05, 4.69) is 48.6 Å². The Bertz CT molecular complexity index is 1560. The van der Waals surface area contributed by atoms with E-state index in [-0.39, 0.29) is 5.91 Å². The molecule has 0 saturated carbocycles. The van der Waals surface area contributed by atoms with Crippen LogP contribution in [-0.2, 0) is 13.1 Å². The van der Waals surface area contributed by atoms with Gasteiger partial charge in [-0.2, -0.15) is 5.26 Å². The number of nitriles is 1. The SMILES string of the molecule is Cc1cccc2c1cc(C(=O)NCc1cccc(-c3ccccc3)c1)n2Cc1cccc(C#N)c1. The fourth-order valence-electron chi connectivity index (χ4n) is 4.48. The molecule has 5 aromatic rings. The number of hydrogen-bond donors (Lipinski definition) is 1. The molecule has 0 aliphatic rings. The molecule has 0 aliphatic carbocycles. The van der Waals surface area contributed by atoms with Crippen LogP contribution in [0.1, 0.15) is 32.7 Å². The van der Waals surface area contributed by atoms with Gasteiger partial charge in [-0.05, 0) is 65.1 Å². The van der Waals surface area contributed by atoms with Crippen molar-refractivity contribution in [3.63, 3.8) is 0 Å². The first-order valence-electron chi connectivity index (χ1n) is 11.6. The van der Waals surface area contributed by atoms with Gasteiger partial charge in [0.1, 0.15) is 5.69 Å². The first-order valence-corrected chi connectivity index (χ1v) is 11.6. The number of carbonyl (C=O) groups excluding carboxylic acids is 1. The number of rotatable bonds is 6. The van der Waals surface area contributed by atoms with E-state index in [9.17, 15) is 10.1 Å². The number of fused-ring (bicyclic) bond motifs is 1. The summed E-state index contributed by atoms with van der Waals surface area (Å²) in [5.41, 5.74) is 7.64. The number of aryl methyl sites for hydroxylation is 1. The van der Waals surface area contributed by atoms with Gasteiger partial charge in [0.2, 0.25) is 0 Å². The van der Waals surface area contributed by atoms with E-state index in [0.29, 0.717) is 24.3 Å². The molecule has 35 heavy (non-hydrogen) atoms. The van der Waals surface area contributed by atoms with E-state index in [1.165, 1.54) is 0 Å². The maximum absolute atomic E-state index is 13.4. The second-order valence-electron chi connectivity index (χ2n) is 8.68. The number of amides is 1. The van der Waals surface area contributed by atoms with Crippen molar-refractivity contribution in [2.24, 2.45) is 0 Å². The summed E-state index contributed by atoms with van der Waals surface area (Å²) in [6.07, 6.45) is 0. The van der Waals surface area contributed by atoms with E-state index in [4.69, 9.17) is 0 Å². The van der Waals surface area contributed by atoms with Gasteiger partial charge >= 0.3 is 0 Å². The van der Waals surface area contributed by atoms with Crippen molar-refractivity contribution in [3.05, 3.63) is 131 Å². The molecular formula is C31H25N3O. The van der Waals surface area contributed by atoms with Crippen molar-refractivity contribution in [1.29, 1.82) is 5.26 Å². The van der Waals surface area contributed by atoms with Crippen LogP contribution < -0.4 is 5.32 Å². The Morgan fingerprint density at radius 2 is 1.57 bits per heavy atom. The highest BCUT2D eigenvalue weighted by Gasteiger charge is 2.17. The van der Waals surface area contributed by atoms with Gasteiger partial charge < -0.3 is 9.88 Å². The van der Waals surface area contributed by atoms with Crippen LogP contribution in [0.2, 0.25) is 0 Å². The van der Waals surface area contributed by atoms with E-state index in [0.717, 1.165) is 38.7 Å². The average Bonchev–Trinajstić information content (AvgIpc) is 3.27. The summed E-state index contributed by atoms with van der Waals surface area (Å²) in [7, 11) is 0. The Kier molecular flexibility index (Phi) is 6.15. The van der Waals surface area contributed by atoms with Crippen LogP contribution in [0.3, 0.4) is 0 Å². The van der Waals surface area contributed by atoms with Crippen LogP contribution in [0.5, 0.6) is 0 Å². The molecule has 0 fully saturated rings. The van der Waals surface area contributed by atoms with Gasteiger partial charge in [0.15, 0.2) is 0 Å². The summed E-state index contributed by atoms with van der Waals surface area (Å²) in [5, 5.41) is 13.5. The van der Waals surface area contributed by atoms with Crippen LogP contribution in [0.25, 0.3) is 22.0 Å². The lowest BCUT2D eigenvalue weighted by atomic mass is 10.0. The second kappa shape index (κ2) is 9.70. The fourth-order valence-corrected chi connectivity index (χ4v) is 4.48. The molecule has 170 valence electrons. The van der Waals surface area contributed by atoms with Gasteiger partial charge in [-0.3, -0.25) is 4.79 Å². The van der Waals surface area contributed by atoms with Gasteiger partial charge in [0.05, 0.1) is 11.6 Å². The van der Waals surface area contributed by atoms with Crippen LogP contribution in [0.15, 0.2) is 103 Å². The Hall–Kier alpha value is -4.62. The van der Waals surface area contributed by atoms with Crippen molar-refractivity contribution in [1.82, 2.24) is 9.88 Å². The maximum Gasteiger partial charge on any atom is 0.268 e. The zero-order valence-electron chi connectivity index (χ0n) is 19.5. The topological polar surface area (TPSA) is 57.8 Å². The molecular weight excluding hydrogens is 430 g/mol. The molecule has 0 spiro atoms. The van der Waals surface area contributed by atoms with Gasteiger partial charge in [0.25, 0.3) is 5.91 Å². The molecule has 5 rings (SSSR count). The largest absolute Gasteiger partial charge is 0.347 e. The molecule has 1 aromatic heterocycles. The lowest BCUT2D eigenvalue weighted by Crippen LogP contribution is -2.25. The Morgan fingerprint density at radius 3 is 2.40 bits per heavy atom. The molecule has 1 heterocycles. The summed E-state index contributed by atoms with van der Waals surface area (Å²) in [4.78, 5) is 13.4. The Labute approximate surface area is 205 Å². The highest BCUT2D eigenvalue weighted by atomic mass is 16.1. The highest BCUT2D eigenvalue weighted by Crippen LogP contribution is 2.25. The van der Waals surface area contributed by atoms with Crippen molar-refractivity contribution in [3.8, 4) is 17.2 Å². The third kappa shape index (κ3) is 4.71. The summed E-state index contributed by atoms with van der Waals surface area (Å²) < 4.78 is 2.04. The molecule has 1 N–H and O–H groups in total. The third-order valence-electron chi connectivity index (χ3n) is 6.28. The summed E-state index contributed by atoms with van der Waals surface area (Å²) in [6, 6.07) is 36.3. The number of hydrogen-bond acceptors (Lipinski definition) is 2. The Morgan fingerprint density at radius 1 is 0.829 bits per heavy atom. The fraction of sp³-hybridized carbons (Fsp3) is 0.0968. The minimum Gasteiger partial charge on any atom is -0.347 e. The number of benzene rings is 4. The van der Waals surface area contributed by atoms with Gasteiger partial charge in [-0.15, -0.1) is 0 Å². The van der Waals surface area contributed by atoms with Gasteiger partial charge in [-0.1, -0.05) is 72.8 Å². The van der Waals surface area contributed by atoms with E-state index in [1.807, 2.05) is 71.3 Å². The zero-order valence-corrected chi connectivity index (χ0v) is 19.5. The van der Waals surface area contributed by atoms with Crippen LogP contribution in [0.4, 0.5) is 0 Å². The molecule has 0 bridgehead atoms. The first-order chi connectivity index (χ1) is 17.1. The number of nitrogens with zero attached hydrogens (tertiary/aromatic N) is 2. The highest BCUT2D eigenvalue weighted by molar-refractivity contribution is 5.99. The molecule has 0 aliphatic heterocycles. The van der Waals surface area contributed by atoms with Gasteiger partial charge in [-0.25, -0.2) is 0 Å². The zero-order chi connectivity index (χ0) is 24.2.